The van der Waals surface area contributed by atoms with E-state index in [-0.39, 0.29) is 21.5 Å². The minimum absolute atomic E-state index is 0.0892. The Kier molecular flexibility index (Phi) is 6.07. The molecule has 2 fully saturated rings. The standard InChI is InChI=1S/C22H23ClF2N2O3S/c1-12(17-9-13-2-3-14(17)8-13)27-31(29,30)16-6-4-15(5-7-16)26-22(28)18-10-20(24)21(25)11-19(18)23/h4-7,10-14,17,27H,2-3,8-9H2,1H3,(H,26,28). The Balaban J connectivity index is 1.42. The van der Waals surface area contributed by atoms with Crippen molar-refractivity contribution in [3.05, 3.63) is 58.6 Å². The molecule has 0 aliphatic heterocycles. The minimum atomic E-state index is -3.70. The van der Waals surface area contributed by atoms with Crippen LogP contribution >= 0.6 is 11.6 Å². The number of benzene rings is 2. The number of carbonyl (C=O) groups is 1. The van der Waals surface area contributed by atoms with E-state index in [9.17, 15) is 22.0 Å². The third-order valence-electron chi connectivity index (χ3n) is 6.45. The molecular weight excluding hydrogens is 446 g/mol. The summed E-state index contributed by atoms with van der Waals surface area (Å²) in [5, 5.41) is 2.27. The van der Waals surface area contributed by atoms with Gasteiger partial charge in [0, 0.05) is 11.7 Å². The monoisotopic (exact) mass is 468 g/mol. The number of carbonyl (C=O) groups excluding carboxylic acids is 1. The van der Waals surface area contributed by atoms with E-state index < -0.39 is 27.6 Å². The molecule has 4 unspecified atom stereocenters. The van der Waals surface area contributed by atoms with Gasteiger partial charge in [-0.2, -0.15) is 0 Å². The topological polar surface area (TPSA) is 75.3 Å². The summed E-state index contributed by atoms with van der Waals surface area (Å²) in [6, 6.07) is 6.94. The third kappa shape index (κ3) is 4.61. The number of anilines is 1. The molecule has 166 valence electrons. The second kappa shape index (κ2) is 8.48. The Hall–Kier alpha value is -2.03. The van der Waals surface area contributed by atoms with Gasteiger partial charge < -0.3 is 5.32 Å². The van der Waals surface area contributed by atoms with Gasteiger partial charge >= 0.3 is 0 Å². The van der Waals surface area contributed by atoms with E-state index in [0.29, 0.717) is 23.6 Å². The predicted octanol–water partition coefficient (Wildman–Crippen LogP) is 4.97. The number of halogens is 3. The fourth-order valence-corrected chi connectivity index (χ4v) is 6.45. The van der Waals surface area contributed by atoms with Crippen LogP contribution in [0.25, 0.3) is 0 Å². The van der Waals surface area contributed by atoms with E-state index in [0.717, 1.165) is 18.4 Å². The highest BCUT2D eigenvalue weighted by molar-refractivity contribution is 7.89. The van der Waals surface area contributed by atoms with Crippen LogP contribution in [0.15, 0.2) is 41.3 Å². The zero-order valence-corrected chi connectivity index (χ0v) is 18.4. The summed E-state index contributed by atoms with van der Waals surface area (Å²) >= 11 is 5.82. The lowest BCUT2D eigenvalue weighted by Crippen LogP contribution is -2.40. The minimum Gasteiger partial charge on any atom is -0.322 e. The number of nitrogens with one attached hydrogen (secondary N) is 2. The fraction of sp³-hybridized carbons (Fsp3) is 0.409. The largest absolute Gasteiger partial charge is 0.322 e. The highest BCUT2D eigenvalue weighted by Crippen LogP contribution is 2.49. The van der Waals surface area contributed by atoms with Gasteiger partial charge in [-0.25, -0.2) is 21.9 Å². The molecule has 0 spiro atoms. The van der Waals surface area contributed by atoms with Crippen LogP contribution in [0.1, 0.15) is 43.0 Å². The summed E-state index contributed by atoms with van der Waals surface area (Å²) in [7, 11) is -3.70. The van der Waals surface area contributed by atoms with Crippen LogP contribution < -0.4 is 10.0 Å². The van der Waals surface area contributed by atoms with Crippen LogP contribution in [0.5, 0.6) is 0 Å². The molecule has 9 heteroatoms. The van der Waals surface area contributed by atoms with Gasteiger partial charge in [-0.05, 0) is 80.3 Å². The molecule has 0 saturated heterocycles. The van der Waals surface area contributed by atoms with Crippen molar-refractivity contribution >= 4 is 33.2 Å². The molecule has 2 bridgehead atoms. The second-order valence-electron chi connectivity index (χ2n) is 8.47. The molecule has 2 saturated carbocycles. The average molecular weight is 469 g/mol. The molecule has 2 aromatic carbocycles. The van der Waals surface area contributed by atoms with E-state index in [1.54, 1.807) is 0 Å². The van der Waals surface area contributed by atoms with Crippen LogP contribution in [-0.2, 0) is 10.0 Å². The molecule has 1 amide bonds. The van der Waals surface area contributed by atoms with Crippen molar-refractivity contribution in [3.63, 3.8) is 0 Å². The van der Waals surface area contributed by atoms with Crippen LogP contribution in [-0.4, -0.2) is 20.4 Å². The SMILES string of the molecule is CC(NS(=O)(=O)c1ccc(NC(=O)c2cc(F)c(F)cc2Cl)cc1)C1CC2CCC1C2. The molecule has 0 heterocycles. The van der Waals surface area contributed by atoms with Gasteiger partial charge in [0.15, 0.2) is 11.6 Å². The lowest BCUT2D eigenvalue weighted by Gasteiger charge is -2.28. The van der Waals surface area contributed by atoms with Gasteiger partial charge in [0.25, 0.3) is 5.91 Å². The highest BCUT2D eigenvalue weighted by Gasteiger charge is 2.42. The Bertz CT molecular complexity index is 1110. The molecule has 2 N–H and O–H groups in total. The molecule has 0 radical (unpaired) electrons. The number of sulfonamides is 1. The highest BCUT2D eigenvalue weighted by atomic mass is 35.5. The van der Waals surface area contributed by atoms with Crippen molar-refractivity contribution in [1.82, 2.24) is 4.72 Å². The van der Waals surface area contributed by atoms with E-state index in [1.165, 1.54) is 43.5 Å². The lowest BCUT2D eigenvalue weighted by atomic mass is 9.84. The molecular formula is C22H23ClF2N2O3S. The number of hydrogen-bond donors (Lipinski definition) is 2. The van der Waals surface area contributed by atoms with Crippen LogP contribution in [0.2, 0.25) is 5.02 Å². The van der Waals surface area contributed by atoms with Gasteiger partial charge in [-0.15, -0.1) is 0 Å². The number of amides is 1. The number of fused-ring (bicyclic) bond motifs is 2. The molecule has 2 aliphatic rings. The zero-order chi connectivity index (χ0) is 22.3. The van der Waals surface area contributed by atoms with E-state index in [4.69, 9.17) is 11.6 Å². The van der Waals surface area contributed by atoms with Crippen molar-refractivity contribution in [2.24, 2.45) is 17.8 Å². The molecule has 2 aliphatic carbocycles. The first kappa shape index (κ1) is 22.2. The molecule has 4 atom stereocenters. The molecule has 31 heavy (non-hydrogen) atoms. The first-order chi connectivity index (χ1) is 14.6. The summed E-state index contributed by atoms with van der Waals surface area (Å²) in [5.74, 6) is -1.37. The predicted molar refractivity (Wildman–Crippen MR) is 114 cm³/mol. The van der Waals surface area contributed by atoms with Gasteiger partial charge in [-0.3, -0.25) is 4.79 Å². The maximum Gasteiger partial charge on any atom is 0.257 e. The van der Waals surface area contributed by atoms with Crippen molar-refractivity contribution in [1.29, 1.82) is 0 Å². The summed E-state index contributed by atoms with van der Waals surface area (Å²) in [6.45, 7) is 1.92. The Labute approximate surface area is 185 Å². The summed E-state index contributed by atoms with van der Waals surface area (Å²) in [6.07, 6.45) is 4.71. The lowest BCUT2D eigenvalue weighted by molar-refractivity contribution is 0.102. The Morgan fingerprint density at radius 3 is 2.39 bits per heavy atom. The normalized spacial score (nSPS) is 23.7. The average Bonchev–Trinajstić information content (AvgIpc) is 3.34. The Morgan fingerprint density at radius 2 is 1.77 bits per heavy atom. The quantitative estimate of drug-likeness (QED) is 0.587. The molecule has 5 nitrogen and oxygen atoms in total. The molecule has 0 aromatic heterocycles. The van der Waals surface area contributed by atoms with E-state index in [2.05, 4.69) is 10.0 Å². The van der Waals surface area contributed by atoms with Crippen LogP contribution in [0, 0.1) is 29.4 Å². The summed E-state index contributed by atoms with van der Waals surface area (Å²) < 4.78 is 55.0. The molecule has 2 aromatic rings. The maximum atomic E-state index is 13.4. The van der Waals surface area contributed by atoms with Crippen molar-refractivity contribution < 1.29 is 22.0 Å². The number of rotatable bonds is 6. The van der Waals surface area contributed by atoms with E-state index >= 15 is 0 Å². The maximum absolute atomic E-state index is 13.4. The Morgan fingerprint density at radius 1 is 1.10 bits per heavy atom. The second-order valence-corrected chi connectivity index (χ2v) is 10.6. The van der Waals surface area contributed by atoms with Gasteiger partial charge in [0.2, 0.25) is 10.0 Å². The first-order valence-corrected chi connectivity index (χ1v) is 12.1. The van der Waals surface area contributed by atoms with Crippen molar-refractivity contribution in [3.8, 4) is 0 Å². The van der Waals surface area contributed by atoms with Crippen molar-refractivity contribution in [2.75, 3.05) is 5.32 Å². The van der Waals surface area contributed by atoms with Gasteiger partial charge in [0.1, 0.15) is 0 Å². The van der Waals surface area contributed by atoms with E-state index in [1.807, 2.05) is 6.92 Å². The smallest absolute Gasteiger partial charge is 0.257 e. The van der Waals surface area contributed by atoms with Crippen LogP contribution in [0.4, 0.5) is 14.5 Å². The zero-order valence-electron chi connectivity index (χ0n) is 16.9. The van der Waals surface area contributed by atoms with Crippen LogP contribution in [0.3, 0.4) is 0 Å². The molecule has 4 rings (SSSR count). The van der Waals surface area contributed by atoms with Gasteiger partial charge in [-0.1, -0.05) is 18.0 Å². The summed E-state index contributed by atoms with van der Waals surface area (Å²) in [4.78, 5) is 12.4. The first-order valence-electron chi connectivity index (χ1n) is 10.2. The van der Waals surface area contributed by atoms with Gasteiger partial charge in [0.05, 0.1) is 15.5 Å². The third-order valence-corrected chi connectivity index (χ3v) is 8.34. The number of hydrogen-bond acceptors (Lipinski definition) is 3. The van der Waals surface area contributed by atoms with Crippen molar-refractivity contribution in [2.45, 2.75) is 43.5 Å². The summed E-state index contributed by atoms with van der Waals surface area (Å²) in [5.41, 5.74) is 0.0736. The fourth-order valence-electron chi connectivity index (χ4n) is 4.92.